The van der Waals surface area contributed by atoms with Gasteiger partial charge in [-0.3, -0.25) is 4.79 Å². The van der Waals surface area contributed by atoms with Gasteiger partial charge in [0.15, 0.2) is 11.2 Å². The van der Waals surface area contributed by atoms with Crippen molar-refractivity contribution in [3.63, 3.8) is 0 Å². The molecule has 0 radical (unpaired) electrons. The van der Waals surface area contributed by atoms with Crippen LogP contribution in [0, 0.1) is 5.92 Å². The van der Waals surface area contributed by atoms with Crippen LogP contribution in [0.3, 0.4) is 0 Å². The van der Waals surface area contributed by atoms with Crippen molar-refractivity contribution >= 4 is 11.6 Å². The Kier molecular flexibility index (Phi) is 5.92. The lowest BCUT2D eigenvalue weighted by Crippen LogP contribution is -2.58. The maximum absolute atomic E-state index is 12.9. The van der Waals surface area contributed by atoms with Gasteiger partial charge >= 0.3 is 0 Å². The van der Waals surface area contributed by atoms with E-state index in [1.165, 1.54) is 32.1 Å². The van der Waals surface area contributed by atoms with Crippen LogP contribution in [0.25, 0.3) is 5.65 Å². The number of hydrogen-bond acceptors (Lipinski definition) is 5. The van der Waals surface area contributed by atoms with Crippen molar-refractivity contribution in [3.05, 3.63) is 30.2 Å². The van der Waals surface area contributed by atoms with Crippen molar-refractivity contribution in [2.45, 2.75) is 63.5 Å². The van der Waals surface area contributed by atoms with E-state index < -0.39 is 5.60 Å². The van der Waals surface area contributed by atoms with Gasteiger partial charge in [-0.15, -0.1) is 0 Å². The second kappa shape index (κ2) is 8.57. The summed E-state index contributed by atoms with van der Waals surface area (Å²) in [7, 11) is 0. The van der Waals surface area contributed by atoms with Crippen LogP contribution in [-0.2, 0) is 11.3 Å². The van der Waals surface area contributed by atoms with Crippen molar-refractivity contribution in [3.8, 4) is 0 Å². The molecule has 1 amide bonds. The Morgan fingerprint density at radius 2 is 2.11 bits per heavy atom. The minimum Gasteiger partial charge on any atom is -0.379 e. The molecule has 0 spiro atoms. The van der Waals surface area contributed by atoms with E-state index >= 15 is 0 Å². The zero-order chi connectivity index (χ0) is 19.4. The van der Waals surface area contributed by atoms with Gasteiger partial charge in [-0.05, 0) is 31.2 Å². The quantitative estimate of drug-likeness (QED) is 0.763. The second-order valence-corrected chi connectivity index (χ2v) is 8.38. The van der Waals surface area contributed by atoms with E-state index in [1.54, 1.807) is 16.9 Å². The molecule has 0 aromatic carbocycles. The van der Waals surface area contributed by atoms with Crippen LogP contribution >= 0.6 is 0 Å². The van der Waals surface area contributed by atoms with Gasteiger partial charge in [-0.25, -0.2) is 9.50 Å². The highest BCUT2D eigenvalue weighted by Gasteiger charge is 2.41. The van der Waals surface area contributed by atoms with E-state index in [1.807, 2.05) is 17.2 Å². The number of nitrogens with one attached hydrogen (secondary N) is 1. The zero-order valence-electron chi connectivity index (χ0n) is 16.5. The summed E-state index contributed by atoms with van der Waals surface area (Å²) >= 11 is 0. The van der Waals surface area contributed by atoms with Crippen LogP contribution in [0.2, 0.25) is 0 Å². The highest BCUT2D eigenvalue weighted by molar-refractivity contribution is 5.86. The number of carbonyl (C=O) groups is 1. The summed E-state index contributed by atoms with van der Waals surface area (Å²) in [6.45, 7) is 2.34. The summed E-state index contributed by atoms with van der Waals surface area (Å²) in [5.74, 6) is 0.637. The van der Waals surface area contributed by atoms with Gasteiger partial charge in [-0.1, -0.05) is 32.1 Å². The minimum absolute atomic E-state index is 0.111. The van der Waals surface area contributed by atoms with Crippen molar-refractivity contribution in [1.82, 2.24) is 24.8 Å². The first-order valence-corrected chi connectivity index (χ1v) is 10.7. The number of fused-ring (bicyclic) bond motifs is 1. The summed E-state index contributed by atoms with van der Waals surface area (Å²) in [5.41, 5.74) is 0.453. The van der Waals surface area contributed by atoms with Crippen molar-refractivity contribution in [2.24, 2.45) is 5.92 Å². The Morgan fingerprint density at radius 3 is 2.96 bits per heavy atom. The molecular formula is C21H31N5O2. The van der Waals surface area contributed by atoms with Crippen LogP contribution < -0.4 is 5.32 Å². The molecule has 1 aliphatic heterocycles. The number of nitrogens with zero attached hydrogens (tertiary/aromatic N) is 4. The van der Waals surface area contributed by atoms with Crippen molar-refractivity contribution in [1.29, 1.82) is 0 Å². The van der Waals surface area contributed by atoms with E-state index in [0.29, 0.717) is 13.0 Å². The molecule has 1 atom stereocenters. The molecule has 2 aromatic heterocycles. The number of rotatable bonds is 7. The average Bonchev–Trinajstić information content (AvgIpc) is 3.13. The second-order valence-electron chi connectivity index (χ2n) is 8.38. The lowest BCUT2D eigenvalue weighted by Gasteiger charge is -2.39. The summed E-state index contributed by atoms with van der Waals surface area (Å²) < 4.78 is 1.73. The van der Waals surface area contributed by atoms with Crippen LogP contribution in [0.4, 0.5) is 0 Å². The largest absolute Gasteiger partial charge is 0.379 e. The van der Waals surface area contributed by atoms with Gasteiger partial charge in [0.2, 0.25) is 0 Å². The number of aromatic nitrogens is 3. The van der Waals surface area contributed by atoms with Crippen molar-refractivity contribution in [2.75, 3.05) is 19.6 Å². The Hall–Kier alpha value is -1.99. The molecule has 28 heavy (non-hydrogen) atoms. The molecule has 7 nitrogen and oxygen atoms in total. The van der Waals surface area contributed by atoms with E-state index in [0.717, 1.165) is 43.1 Å². The molecule has 1 unspecified atom stereocenters. The summed E-state index contributed by atoms with van der Waals surface area (Å²) in [5, 5.41) is 18.5. The van der Waals surface area contributed by atoms with Gasteiger partial charge in [0, 0.05) is 44.1 Å². The highest BCUT2D eigenvalue weighted by Crippen LogP contribution is 2.28. The van der Waals surface area contributed by atoms with Gasteiger partial charge in [0.05, 0.1) is 6.20 Å². The minimum atomic E-state index is -1.30. The predicted molar refractivity (Wildman–Crippen MR) is 107 cm³/mol. The molecule has 0 bridgehead atoms. The standard InChI is InChI=1S/C21H31N5O2/c27-20-21(28,9-4-11-25(20)13-8-17-6-2-1-3-7-17)16-22-14-18-15-24-26-12-5-10-23-19(18)26/h5,10,12,15,17,22,28H,1-4,6-9,11,13-14,16H2. The number of hydrogen-bond donors (Lipinski definition) is 2. The van der Waals surface area contributed by atoms with E-state index in [2.05, 4.69) is 15.4 Å². The summed E-state index contributed by atoms with van der Waals surface area (Å²) in [6.07, 6.45) is 14.4. The lowest BCUT2D eigenvalue weighted by molar-refractivity contribution is -0.156. The first-order valence-electron chi connectivity index (χ1n) is 10.7. The molecule has 3 heterocycles. The van der Waals surface area contributed by atoms with Crippen LogP contribution in [0.1, 0.15) is 56.9 Å². The van der Waals surface area contributed by atoms with Crippen LogP contribution in [-0.4, -0.2) is 55.7 Å². The van der Waals surface area contributed by atoms with Gasteiger partial charge < -0.3 is 15.3 Å². The van der Waals surface area contributed by atoms with Gasteiger partial charge in [0.25, 0.3) is 5.91 Å². The average molecular weight is 386 g/mol. The molecular weight excluding hydrogens is 354 g/mol. The predicted octanol–water partition coefficient (Wildman–Crippen LogP) is 2.14. The molecule has 1 aliphatic carbocycles. The zero-order valence-corrected chi connectivity index (χ0v) is 16.5. The third-order valence-corrected chi connectivity index (χ3v) is 6.32. The van der Waals surface area contributed by atoms with E-state index in [-0.39, 0.29) is 12.5 Å². The normalized spacial score (nSPS) is 24.2. The number of likely N-dealkylation sites (tertiary alicyclic amines) is 1. The molecule has 2 aliphatic rings. The number of aliphatic hydroxyl groups is 1. The fourth-order valence-corrected chi connectivity index (χ4v) is 4.66. The third-order valence-electron chi connectivity index (χ3n) is 6.32. The molecule has 152 valence electrons. The number of amides is 1. The fraction of sp³-hybridized carbons (Fsp3) is 0.667. The Bertz CT molecular complexity index is 801. The molecule has 4 rings (SSSR count). The maximum Gasteiger partial charge on any atom is 0.255 e. The first-order chi connectivity index (χ1) is 13.7. The van der Waals surface area contributed by atoms with Crippen molar-refractivity contribution < 1.29 is 9.90 Å². The van der Waals surface area contributed by atoms with Gasteiger partial charge in [-0.2, -0.15) is 5.10 Å². The Balaban J connectivity index is 1.30. The maximum atomic E-state index is 12.9. The molecule has 7 heteroatoms. The molecule has 1 saturated heterocycles. The van der Waals surface area contributed by atoms with Gasteiger partial charge in [0.1, 0.15) is 0 Å². The van der Waals surface area contributed by atoms with E-state index in [4.69, 9.17) is 0 Å². The van der Waals surface area contributed by atoms with Crippen LogP contribution in [0.15, 0.2) is 24.7 Å². The monoisotopic (exact) mass is 385 g/mol. The molecule has 2 fully saturated rings. The van der Waals surface area contributed by atoms with E-state index in [9.17, 15) is 9.90 Å². The first kappa shape index (κ1) is 19.3. The highest BCUT2D eigenvalue weighted by atomic mass is 16.3. The smallest absolute Gasteiger partial charge is 0.255 e. The molecule has 1 saturated carbocycles. The molecule has 2 aromatic rings. The van der Waals surface area contributed by atoms with Crippen LogP contribution in [0.5, 0.6) is 0 Å². The topological polar surface area (TPSA) is 82.8 Å². The molecule has 2 N–H and O–H groups in total. The SMILES string of the molecule is O=C1N(CCC2CCCCC2)CCCC1(O)CNCc1cnn2cccnc12. The lowest BCUT2D eigenvalue weighted by atomic mass is 9.86. The number of piperidine rings is 1. The summed E-state index contributed by atoms with van der Waals surface area (Å²) in [6, 6.07) is 1.84. The third kappa shape index (κ3) is 4.20. The fourth-order valence-electron chi connectivity index (χ4n) is 4.66. The Labute approximate surface area is 166 Å². The summed E-state index contributed by atoms with van der Waals surface area (Å²) in [4.78, 5) is 19.2. The number of carbonyl (C=O) groups excluding carboxylic acids is 1. The Morgan fingerprint density at radius 1 is 1.25 bits per heavy atom.